The third-order valence-corrected chi connectivity index (χ3v) is 11.1. The van der Waals surface area contributed by atoms with Crippen molar-refractivity contribution < 1.29 is 33.7 Å². The molecule has 0 bridgehead atoms. The highest BCUT2D eigenvalue weighted by atomic mass is 16.5. The quantitative estimate of drug-likeness (QED) is 0.0375. The number of carbonyl (C=O) groups excluding carboxylic acids is 3. The minimum absolute atomic E-state index is 0.0241. The van der Waals surface area contributed by atoms with Gasteiger partial charge in [-0.2, -0.15) is 0 Å². The van der Waals surface area contributed by atoms with Crippen LogP contribution in [0.25, 0.3) is 0 Å². The molecule has 0 radical (unpaired) electrons. The molecule has 0 aliphatic carbocycles. The Labute approximate surface area is 333 Å². The van der Waals surface area contributed by atoms with Crippen LogP contribution in [0.3, 0.4) is 0 Å². The van der Waals surface area contributed by atoms with Crippen LogP contribution in [-0.2, 0) is 28.6 Å². The van der Waals surface area contributed by atoms with Gasteiger partial charge in [0.1, 0.15) is 12.1 Å². The Morgan fingerprint density at radius 3 is 1.50 bits per heavy atom. The van der Waals surface area contributed by atoms with E-state index in [1.807, 2.05) is 4.90 Å². The topological polar surface area (TPSA) is 102 Å². The molecular weight excluding hydrogens is 679 g/mol. The molecule has 2 unspecified atom stereocenters. The van der Waals surface area contributed by atoms with E-state index in [0.29, 0.717) is 39.0 Å². The van der Waals surface area contributed by atoms with Crippen LogP contribution in [0, 0.1) is 0 Å². The fourth-order valence-electron chi connectivity index (χ4n) is 7.61. The monoisotopic (exact) mass is 766 g/mol. The number of ether oxygens (including phenoxy) is 3. The number of hydrogen-bond donors (Lipinski definition) is 1. The van der Waals surface area contributed by atoms with Gasteiger partial charge in [-0.3, -0.25) is 19.3 Å². The SMILES string of the molecule is CCCCCCCCCOC(=O)CCCCCN1CC(O)CC1C(=O)OCCCCCCCCC(=O)OC(CCCCCCCC)CCCCCCCC. The minimum Gasteiger partial charge on any atom is -0.466 e. The Balaban J connectivity index is 2.13. The molecule has 0 saturated carbocycles. The molecule has 0 amide bonds. The molecule has 0 aromatic heterocycles. The van der Waals surface area contributed by atoms with E-state index in [1.54, 1.807) is 0 Å². The molecule has 8 nitrogen and oxygen atoms in total. The standard InChI is InChI=1S/C46H87NO7/c1-4-7-10-13-17-22-30-37-52-44(49)34-28-24-29-36-47-40-41(48)39-43(47)46(51)53-38-31-23-18-16-21-27-35-45(50)54-42(32-25-19-14-11-8-5-2)33-26-20-15-12-9-6-3/h41-43,48H,4-40H2,1-3H3. The van der Waals surface area contributed by atoms with Gasteiger partial charge in [0.2, 0.25) is 0 Å². The van der Waals surface area contributed by atoms with Gasteiger partial charge in [0.15, 0.2) is 0 Å². The van der Waals surface area contributed by atoms with Crippen molar-refractivity contribution in [3.63, 3.8) is 0 Å². The van der Waals surface area contributed by atoms with Gasteiger partial charge in [0.25, 0.3) is 0 Å². The fraction of sp³-hybridized carbons (Fsp3) is 0.935. The number of esters is 3. The van der Waals surface area contributed by atoms with E-state index in [4.69, 9.17) is 14.2 Å². The van der Waals surface area contributed by atoms with E-state index >= 15 is 0 Å². The predicted molar refractivity (Wildman–Crippen MR) is 223 cm³/mol. The predicted octanol–water partition coefficient (Wildman–Crippen LogP) is 12.0. The van der Waals surface area contributed by atoms with Gasteiger partial charge in [-0.1, -0.05) is 156 Å². The molecule has 0 aromatic rings. The lowest BCUT2D eigenvalue weighted by Crippen LogP contribution is -2.38. The summed E-state index contributed by atoms with van der Waals surface area (Å²) < 4.78 is 17.0. The summed E-state index contributed by atoms with van der Waals surface area (Å²) >= 11 is 0. The molecule has 0 spiro atoms. The first kappa shape index (κ1) is 50.3. The molecule has 1 heterocycles. The Kier molecular flexibility index (Phi) is 34.4. The number of likely N-dealkylation sites (tertiary alicyclic amines) is 1. The van der Waals surface area contributed by atoms with Crippen LogP contribution in [0.1, 0.15) is 233 Å². The second-order valence-corrected chi connectivity index (χ2v) is 16.3. The fourth-order valence-corrected chi connectivity index (χ4v) is 7.61. The maximum Gasteiger partial charge on any atom is 0.323 e. The summed E-state index contributed by atoms with van der Waals surface area (Å²) in [6.45, 7) is 8.87. The largest absolute Gasteiger partial charge is 0.466 e. The molecule has 1 N–H and O–H groups in total. The van der Waals surface area contributed by atoms with Gasteiger partial charge in [-0.15, -0.1) is 0 Å². The number of rotatable bonds is 39. The third kappa shape index (κ3) is 29.6. The Hall–Kier alpha value is -1.67. The van der Waals surface area contributed by atoms with Crippen molar-refractivity contribution >= 4 is 17.9 Å². The lowest BCUT2D eigenvalue weighted by atomic mass is 10.0. The lowest BCUT2D eigenvalue weighted by Gasteiger charge is -2.22. The van der Waals surface area contributed by atoms with Crippen molar-refractivity contribution in [3.8, 4) is 0 Å². The van der Waals surface area contributed by atoms with Crippen molar-refractivity contribution in [2.45, 2.75) is 251 Å². The van der Waals surface area contributed by atoms with E-state index in [9.17, 15) is 19.5 Å². The summed E-state index contributed by atoms with van der Waals surface area (Å²) in [5, 5.41) is 10.3. The molecule has 1 fully saturated rings. The summed E-state index contributed by atoms with van der Waals surface area (Å²) in [5.74, 6) is -0.366. The number of nitrogens with zero attached hydrogens (tertiary/aromatic N) is 1. The number of β-amino-alcohol motifs (C(OH)–C–C–N with tert-alkyl or cyclic N) is 1. The highest BCUT2D eigenvalue weighted by Gasteiger charge is 2.36. The van der Waals surface area contributed by atoms with Crippen molar-refractivity contribution in [2.24, 2.45) is 0 Å². The van der Waals surface area contributed by atoms with Crippen molar-refractivity contribution in [3.05, 3.63) is 0 Å². The van der Waals surface area contributed by atoms with Crippen LogP contribution in [-0.4, -0.2) is 72.5 Å². The number of hydrogen-bond acceptors (Lipinski definition) is 8. The van der Waals surface area contributed by atoms with Gasteiger partial charge in [0.05, 0.1) is 19.3 Å². The first-order valence-corrected chi connectivity index (χ1v) is 23.3. The number of unbranched alkanes of at least 4 members (excludes halogenated alkanes) is 23. The van der Waals surface area contributed by atoms with E-state index in [2.05, 4.69) is 20.8 Å². The zero-order valence-electron chi connectivity index (χ0n) is 35.7. The first-order valence-electron chi connectivity index (χ1n) is 23.3. The summed E-state index contributed by atoms with van der Waals surface area (Å²) in [7, 11) is 0. The Morgan fingerprint density at radius 1 is 0.537 bits per heavy atom. The smallest absolute Gasteiger partial charge is 0.323 e. The minimum atomic E-state index is -0.506. The zero-order valence-corrected chi connectivity index (χ0v) is 35.7. The Morgan fingerprint density at radius 2 is 0.963 bits per heavy atom. The second kappa shape index (κ2) is 36.9. The zero-order chi connectivity index (χ0) is 39.3. The average Bonchev–Trinajstić information content (AvgIpc) is 3.54. The van der Waals surface area contributed by atoms with Crippen LogP contribution >= 0.6 is 0 Å². The van der Waals surface area contributed by atoms with E-state index in [1.165, 1.54) is 96.3 Å². The van der Waals surface area contributed by atoms with Gasteiger partial charge < -0.3 is 19.3 Å². The maximum atomic E-state index is 12.8. The van der Waals surface area contributed by atoms with Crippen LogP contribution in [0.15, 0.2) is 0 Å². The number of aliphatic hydroxyl groups is 1. The summed E-state index contributed by atoms with van der Waals surface area (Å²) in [4.78, 5) is 39.6. The Bertz CT molecular complexity index is 867. The first-order chi connectivity index (χ1) is 26.4. The van der Waals surface area contributed by atoms with E-state index < -0.39 is 6.10 Å². The average molecular weight is 766 g/mol. The molecule has 1 aliphatic rings. The molecule has 54 heavy (non-hydrogen) atoms. The maximum absolute atomic E-state index is 12.8. The van der Waals surface area contributed by atoms with Gasteiger partial charge in [0, 0.05) is 25.8 Å². The lowest BCUT2D eigenvalue weighted by molar-refractivity contribution is -0.150. The molecule has 2 atom stereocenters. The normalized spacial score (nSPS) is 15.9. The van der Waals surface area contributed by atoms with Crippen molar-refractivity contribution in [1.29, 1.82) is 0 Å². The molecule has 0 aromatic carbocycles. The van der Waals surface area contributed by atoms with E-state index in [-0.39, 0.29) is 30.1 Å². The van der Waals surface area contributed by atoms with Gasteiger partial charge in [-0.25, -0.2) is 0 Å². The van der Waals surface area contributed by atoms with Gasteiger partial charge >= 0.3 is 17.9 Å². The molecular formula is C46H87NO7. The molecule has 1 aliphatic heterocycles. The number of carbonyl (C=O) groups is 3. The summed E-state index contributed by atoms with van der Waals surface area (Å²) in [6.07, 6.45) is 35.0. The molecule has 8 heteroatoms. The van der Waals surface area contributed by atoms with E-state index in [0.717, 1.165) is 103 Å². The highest BCUT2D eigenvalue weighted by molar-refractivity contribution is 5.76. The highest BCUT2D eigenvalue weighted by Crippen LogP contribution is 2.21. The van der Waals surface area contributed by atoms with Gasteiger partial charge in [-0.05, 0) is 64.3 Å². The van der Waals surface area contributed by atoms with Crippen molar-refractivity contribution in [1.82, 2.24) is 4.90 Å². The molecule has 1 rings (SSSR count). The summed E-state index contributed by atoms with van der Waals surface area (Å²) in [6, 6.07) is -0.386. The molecule has 318 valence electrons. The third-order valence-electron chi connectivity index (χ3n) is 11.1. The van der Waals surface area contributed by atoms with Crippen LogP contribution in [0.2, 0.25) is 0 Å². The molecule has 1 saturated heterocycles. The van der Waals surface area contributed by atoms with Crippen LogP contribution < -0.4 is 0 Å². The van der Waals surface area contributed by atoms with Crippen molar-refractivity contribution in [2.75, 3.05) is 26.3 Å². The van der Waals surface area contributed by atoms with Crippen LogP contribution in [0.4, 0.5) is 0 Å². The second-order valence-electron chi connectivity index (χ2n) is 16.3. The summed E-state index contributed by atoms with van der Waals surface area (Å²) in [5.41, 5.74) is 0. The van der Waals surface area contributed by atoms with Crippen LogP contribution in [0.5, 0.6) is 0 Å². The number of aliphatic hydroxyl groups excluding tert-OH is 1.